The van der Waals surface area contributed by atoms with Gasteiger partial charge in [-0.3, -0.25) is 5.43 Å². The lowest BCUT2D eigenvalue weighted by Gasteiger charge is -2.05. The van der Waals surface area contributed by atoms with Gasteiger partial charge in [-0.05, 0) is 48.5 Å². The zero-order valence-electron chi connectivity index (χ0n) is 17.0. The Morgan fingerprint density at radius 1 is 0.971 bits per heavy atom. The number of phenols is 1. The predicted octanol–water partition coefficient (Wildman–Crippen LogP) is 4.95. The van der Waals surface area contributed by atoms with Crippen molar-refractivity contribution in [2.24, 2.45) is 5.10 Å². The molecule has 172 valence electrons. The molecule has 3 N–H and O–H groups in total. The van der Waals surface area contributed by atoms with E-state index in [-0.39, 0.29) is 17.4 Å². The maximum atomic E-state index is 13.9. The van der Waals surface area contributed by atoms with Crippen LogP contribution >= 0.6 is 0 Å². The number of hydrazone groups is 1. The molecule has 0 bridgehead atoms. The normalized spacial score (nSPS) is 11.2. The summed E-state index contributed by atoms with van der Waals surface area (Å²) in [4.78, 5) is 11.1. The maximum Gasteiger partial charge on any atom is 0.335 e. The number of aromatic nitrogens is 2. The van der Waals surface area contributed by atoms with Gasteiger partial charge in [-0.25, -0.2) is 27.0 Å². The molecule has 0 aliphatic heterocycles. The fourth-order valence-electron chi connectivity index (χ4n) is 3.05. The first-order valence-corrected chi connectivity index (χ1v) is 9.59. The molecule has 1 aromatic heterocycles. The minimum absolute atomic E-state index is 0.0170. The van der Waals surface area contributed by atoms with Gasteiger partial charge in [0.05, 0.1) is 17.5 Å². The molecule has 0 saturated carbocycles. The Bertz CT molecular complexity index is 1380. The van der Waals surface area contributed by atoms with Crippen molar-refractivity contribution in [3.05, 3.63) is 95.2 Å². The van der Waals surface area contributed by atoms with Crippen LogP contribution in [0.4, 0.5) is 23.2 Å². The Labute approximate surface area is 189 Å². The summed E-state index contributed by atoms with van der Waals surface area (Å²) in [5.41, 5.74) is 2.67. The van der Waals surface area contributed by atoms with Gasteiger partial charge in [0.1, 0.15) is 17.1 Å². The number of halogens is 4. The van der Waals surface area contributed by atoms with Crippen molar-refractivity contribution in [3.8, 4) is 22.7 Å². The summed E-state index contributed by atoms with van der Waals surface area (Å²) in [5.74, 6) is -7.52. The zero-order chi connectivity index (χ0) is 24.4. The molecule has 4 rings (SSSR count). The van der Waals surface area contributed by atoms with E-state index in [2.05, 4.69) is 10.2 Å². The Kier molecular flexibility index (Phi) is 6.00. The molecule has 7 nitrogen and oxygen atoms in total. The molecule has 0 amide bonds. The predicted molar refractivity (Wildman–Crippen MR) is 115 cm³/mol. The van der Waals surface area contributed by atoms with E-state index < -0.39 is 34.9 Å². The first-order valence-electron chi connectivity index (χ1n) is 9.59. The van der Waals surface area contributed by atoms with Crippen LogP contribution < -0.4 is 5.43 Å². The van der Waals surface area contributed by atoms with E-state index in [4.69, 9.17) is 5.11 Å². The van der Waals surface area contributed by atoms with Crippen LogP contribution in [0, 0.1) is 23.3 Å². The Morgan fingerprint density at radius 2 is 1.59 bits per heavy atom. The van der Waals surface area contributed by atoms with Crippen LogP contribution in [0.15, 0.2) is 65.9 Å². The van der Waals surface area contributed by atoms with E-state index in [1.807, 2.05) is 5.43 Å². The van der Waals surface area contributed by atoms with E-state index in [1.54, 1.807) is 12.1 Å². The summed E-state index contributed by atoms with van der Waals surface area (Å²) >= 11 is 0. The average Bonchev–Trinajstić information content (AvgIpc) is 3.24. The van der Waals surface area contributed by atoms with Gasteiger partial charge in [0.15, 0.2) is 23.3 Å². The van der Waals surface area contributed by atoms with E-state index in [0.717, 1.165) is 6.21 Å². The number of anilines is 1. The fourth-order valence-corrected chi connectivity index (χ4v) is 3.05. The highest BCUT2D eigenvalue weighted by Crippen LogP contribution is 2.26. The van der Waals surface area contributed by atoms with Crippen molar-refractivity contribution in [2.75, 3.05) is 5.43 Å². The van der Waals surface area contributed by atoms with Crippen LogP contribution in [0.25, 0.3) is 16.9 Å². The first-order chi connectivity index (χ1) is 16.2. The third-order valence-electron chi connectivity index (χ3n) is 4.75. The van der Waals surface area contributed by atoms with Gasteiger partial charge in [0, 0.05) is 23.4 Å². The van der Waals surface area contributed by atoms with Gasteiger partial charge < -0.3 is 10.2 Å². The number of phenolic OH excluding ortho intramolecular Hbond substituents is 1. The number of nitrogens with one attached hydrogen (secondary N) is 1. The van der Waals surface area contributed by atoms with Crippen molar-refractivity contribution in [1.29, 1.82) is 0 Å². The van der Waals surface area contributed by atoms with E-state index in [9.17, 15) is 27.5 Å². The standard InChI is InChI=1S/C23H14F4N4O3/c24-17-9-18(25)20(27)22(19(17)26)29-28-10-14-11-31(15-5-1-13(2-6-15)23(33)34)30-21(14)12-3-7-16(32)8-4-12/h1-11,29,32H,(H,33,34)/b28-10+. The third kappa shape index (κ3) is 4.44. The molecule has 0 atom stereocenters. The largest absolute Gasteiger partial charge is 0.508 e. The van der Waals surface area contributed by atoms with Crippen molar-refractivity contribution < 1.29 is 32.6 Å². The topological polar surface area (TPSA) is 99.7 Å². The molecular weight excluding hydrogens is 456 g/mol. The number of carboxylic acid groups (broad SMARTS) is 1. The number of carbonyl (C=O) groups is 1. The zero-order valence-corrected chi connectivity index (χ0v) is 17.0. The van der Waals surface area contributed by atoms with E-state index >= 15 is 0 Å². The molecule has 11 heteroatoms. The summed E-state index contributed by atoms with van der Waals surface area (Å²) in [5, 5.41) is 26.8. The quantitative estimate of drug-likeness (QED) is 0.160. The number of carboxylic acids is 1. The highest BCUT2D eigenvalue weighted by Gasteiger charge is 2.19. The molecule has 0 saturated heterocycles. The molecule has 4 aromatic rings. The number of rotatable bonds is 6. The number of aromatic carboxylic acids is 1. The maximum absolute atomic E-state index is 13.9. The highest BCUT2D eigenvalue weighted by molar-refractivity contribution is 5.89. The van der Waals surface area contributed by atoms with Gasteiger partial charge in [0.2, 0.25) is 0 Å². The lowest BCUT2D eigenvalue weighted by atomic mass is 10.1. The van der Waals surface area contributed by atoms with E-state index in [0.29, 0.717) is 22.5 Å². The number of aromatic hydroxyl groups is 1. The monoisotopic (exact) mass is 470 g/mol. The van der Waals surface area contributed by atoms with Gasteiger partial charge >= 0.3 is 5.97 Å². The number of hydrogen-bond acceptors (Lipinski definition) is 5. The Balaban J connectivity index is 1.72. The number of hydrogen-bond donors (Lipinski definition) is 3. The van der Waals surface area contributed by atoms with Crippen molar-refractivity contribution >= 4 is 17.9 Å². The SMILES string of the molecule is O=C(O)c1ccc(-n2cc(/C=N/Nc3c(F)c(F)cc(F)c3F)c(-c3ccc(O)cc3)n2)cc1. The summed E-state index contributed by atoms with van der Waals surface area (Å²) < 4.78 is 56.0. The second-order valence-corrected chi connectivity index (χ2v) is 6.99. The van der Waals surface area contributed by atoms with Crippen LogP contribution in [0.5, 0.6) is 5.75 Å². The molecule has 0 fully saturated rings. The molecule has 0 aliphatic carbocycles. The summed E-state index contributed by atoms with van der Waals surface area (Å²) in [6, 6.07) is 11.9. The van der Waals surface area contributed by atoms with Gasteiger partial charge in [-0.2, -0.15) is 10.2 Å². The summed E-state index contributed by atoms with van der Waals surface area (Å²) in [6.45, 7) is 0. The Hall–Kier alpha value is -4.67. The van der Waals surface area contributed by atoms with Gasteiger partial charge in [-0.1, -0.05) is 0 Å². The first kappa shape index (κ1) is 22.5. The molecule has 0 unspecified atom stereocenters. The molecule has 0 spiro atoms. The van der Waals surface area contributed by atoms with E-state index in [1.165, 1.54) is 47.3 Å². The van der Waals surface area contributed by atoms with Gasteiger partial charge in [-0.15, -0.1) is 0 Å². The second kappa shape index (κ2) is 9.06. The number of nitrogens with zero attached hydrogens (tertiary/aromatic N) is 3. The average molecular weight is 470 g/mol. The minimum Gasteiger partial charge on any atom is -0.508 e. The molecule has 34 heavy (non-hydrogen) atoms. The lowest BCUT2D eigenvalue weighted by molar-refractivity contribution is 0.0697. The van der Waals surface area contributed by atoms with Crippen molar-refractivity contribution in [3.63, 3.8) is 0 Å². The molecular formula is C23H14F4N4O3. The van der Waals surface area contributed by atoms with Gasteiger partial charge in [0.25, 0.3) is 0 Å². The van der Waals surface area contributed by atoms with Crippen molar-refractivity contribution in [1.82, 2.24) is 9.78 Å². The van der Waals surface area contributed by atoms with Crippen molar-refractivity contribution in [2.45, 2.75) is 0 Å². The second-order valence-electron chi connectivity index (χ2n) is 6.99. The fraction of sp³-hybridized carbons (Fsp3) is 0. The Morgan fingerprint density at radius 3 is 2.18 bits per heavy atom. The molecule has 0 aliphatic rings. The lowest BCUT2D eigenvalue weighted by Crippen LogP contribution is -2.02. The third-order valence-corrected chi connectivity index (χ3v) is 4.75. The summed E-state index contributed by atoms with van der Waals surface area (Å²) in [7, 11) is 0. The molecule has 0 radical (unpaired) electrons. The molecule has 3 aromatic carbocycles. The minimum atomic E-state index is -1.64. The summed E-state index contributed by atoms with van der Waals surface area (Å²) in [6.07, 6.45) is 2.64. The number of benzene rings is 3. The smallest absolute Gasteiger partial charge is 0.335 e. The van der Waals surface area contributed by atoms with Crippen LogP contribution in [0.2, 0.25) is 0 Å². The van der Waals surface area contributed by atoms with Crippen LogP contribution in [-0.2, 0) is 0 Å². The van der Waals surface area contributed by atoms with Crippen LogP contribution in [0.3, 0.4) is 0 Å². The highest BCUT2D eigenvalue weighted by atomic mass is 19.2. The van der Waals surface area contributed by atoms with Crippen LogP contribution in [0.1, 0.15) is 15.9 Å². The van der Waals surface area contributed by atoms with Crippen LogP contribution in [-0.4, -0.2) is 32.2 Å². The molecule has 1 heterocycles.